The second kappa shape index (κ2) is 4.08. The van der Waals surface area contributed by atoms with E-state index in [1.807, 2.05) is 0 Å². The molecular formula is C10H18N2O. The zero-order chi connectivity index (χ0) is 9.90. The SMILES string of the molecule is CC(C)(C)C1CCOC(C#N)CN1. The van der Waals surface area contributed by atoms with Crippen molar-refractivity contribution in [1.29, 1.82) is 5.26 Å². The Hall–Kier alpha value is -0.590. The fraction of sp³-hybridized carbons (Fsp3) is 0.900. The van der Waals surface area contributed by atoms with Crippen LogP contribution in [-0.2, 0) is 4.74 Å². The molecule has 3 heteroatoms. The van der Waals surface area contributed by atoms with Gasteiger partial charge in [0.05, 0.1) is 6.07 Å². The molecule has 0 aromatic carbocycles. The van der Waals surface area contributed by atoms with Gasteiger partial charge in [-0.25, -0.2) is 0 Å². The number of hydrogen-bond donors (Lipinski definition) is 1. The van der Waals surface area contributed by atoms with Crippen LogP contribution < -0.4 is 5.32 Å². The lowest BCUT2D eigenvalue weighted by Crippen LogP contribution is -2.41. The van der Waals surface area contributed by atoms with Crippen molar-refractivity contribution < 1.29 is 4.74 Å². The highest BCUT2D eigenvalue weighted by molar-refractivity contribution is 4.91. The Bertz CT molecular complexity index is 202. The summed E-state index contributed by atoms with van der Waals surface area (Å²) in [5.41, 5.74) is 0.244. The van der Waals surface area contributed by atoms with Crippen LogP contribution >= 0.6 is 0 Å². The fourth-order valence-corrected chi connectivity index (χ4v) is 1.56. The predicted octanol–water partition coefficient (Wildman–Crippen LogP) is 1.30. The van der Waals surface area contributed by atoms with E-state index in [1.54, 1.807) is 0 Å². The summed E-state index contributed by atoms with van der Waals surface area (Å²) in [6, 6.07) is 2.58. The van der Waals surface area contributed by atoms with E-state index in [4.69, 9.17) is 10.00 Å². The molecule has 74 valence electrons. The minimum Gasteiger partial charge on any atom is -0.362 e. The Morgan fingerprint density at radius 1 is 1.46 bits per heavy atom. The first kappa shape index (κ1) is 10.5. The number of nitriles is 1. The molecule has 3 nitrogen and oxygen atoms in total. The highest BCUT2D eigenvalue weighted by Gasteiger charge is 2.27. The van der Waals surface area contributed by atoms with Gasteiger partial charge in [-0.15, -0.1) is 0 Å². The lowest BCUT2D eigenvalue weighted by atomic mass is 9.85. The van der Waals surface area contributed by atoms with E-state index >= 15 is 0 Å². The minimum absolute atomic E-state index is 0.244. The summed E-state index contributed by atoms with van der Waals surface area (Å²) in [7, 11) is 0. The van der Waals surface area contributed by atoms with Crippen LogP contribution in [0.2, 0.25) is 0 Å². The van der Waals surface area contributed by atoms with E-state index in [1.165, 1.54) is 0 Å². The molecule has 0 radical (unpaired) electrons. The highest BCUT2D eigenvalue weighted by Crippen LogP contribution is 2.23. The van der Waals surface area contributed by atoms with Gasteiger partial charge in [0.1, 0.15) is 0 Å². The van der Waals surface area contributed by atoms with Crippen LogP contribution in [0, 0.1) is 16.7 Å². The topological polar surface area (TPSA) is 45.0 Å². The first-order chi connectivity index (χ1) is 6.04. The zero-order valence-electron chi connectivity index (χ0n) is 8.63. The monoisotopic (exact) mass is 182 g/mol. The van der Waals surface area contributed by atoms with Crippen molar-refractivity contribution in [2.24, 2.45) is 5.41 Å². The molecule has 1 aliphatic rings. The molecule has 0 bridgehead atoms. The van der Waals surface area contributed by atoms with Gasteiger partial charge in [0.25, 0.3) is 0 Å². The van der Waals surface area contributed by atoms with Crippen molar-refractivity contribution in [2.75, 3.05) is 13.2 Å². The molecule has 1 aliphatic heterocycles. The largest absolute Gasteiger partial charge is 0.362 e. The summed E-state index contributed by atoms with van der Waals surface area (Å²) in [5.74, 6) is 0. The van der Waals surface area contributed by atoms with Crippen LogP contribution in [0.5, 0.6) is 0 Å². The van der Waals surface area contributed by atoms with Gasteiger partial charge in [-0.3, -0.25) is 0 Å². The lowest BCUT2D eigenvalue weighted by molar-refractivity contribution is 0.102. The Morgan fingerprint density at radius 3 is 2.69 bits per heavy atom. The molecular weight excluding hydrogens is 164 g/mol. The van der Waals surface area contributed by atoms with Gasteiger partial charge in [-0.1, -0.05) is 20.8 Å². The average Bonchev–Trinajstić information content (AvgIpc) is 2.26. The molecule has 2 unspecified atom stereocenters. The Kier molecular flexibility index (Phi) is 3.29. The zero-order valence-corrected chi connectivity index (χ0v) is 8.63. The second-order valence-corrected chi connectivity index (χ2v) is 4.60. The Morgan fingerprint density at radius 2 is 2.15 bits per heavy atom. The smallest absolute Gasteiger partial charge is 0.156 e. The van der Waals surface area contributed by atoms with Crippen LogP contribution in [0.1, 0.15) is 27.2 Å². The summed E-state index contributed by atoms with van der Waals surface area (Å²) in [4.78, 5) is 0. The van der Waals surface area contributed by atoms with Crippen molar-refractivity contribution in [3.05, 3.63) is 0 Å². The summed E-state index contributed by atoms with van der Waals surface area (Å²) in [6.45, 7) is 7.96. The van der Waals surface area contributed by atoms with Crippen molar-refractivity contribution >= 4 is 0 Å². The molecule has 13 heavy (non-hydrogen) atoms. The maximum absolute atomic E-state index is 8.69. The molecule has 1 fully saturated rings. The molecule has 1 saturated heterocycles. The van der Waals surface area contributed by atoms with E-state index in [0.717, 1.165) is 6.42 Å². The average molecular weight is 182 g/mol. The van der Waals surface area contributed by atoms with Gasteiger partial charge in [-0.05, 0) is 11.8 Å². The molecule has 1 heterocycles. The van der Waals surface area contributed by atoms with Crippen LogP contribution in [0.3, 0.4) is 0 Å². The van der Waals surface area contributed by atoms with Gasteiger partial charge < -0.3 is 10.1 Å². The first-order valence-corrected chi connectivity index (χ1v) is 4.78. The van der Waals surface area contributed by atoms with Crippen molar-refractivity contribution in [3.63, 3.8) is 0 Å². The van der Waals surface area contributed by atoms with Crippen molar-refractivity contribution in [2.45, 2.75) is 39.3 Å². The summed E-state index contributed by atoms with van der Waals surface area (Å²) in [6.07, 6.45) is 0.717. The molecule has 2 atom stereocenters. The van der Waals surface area contributed by atoms with Crippen LogP contribution in [0.15, 0.2) is 0 Å². The third-order valence-electron chi connectivity index (χ3n) is 2.46. The number of rotatable bonds is 0. The third-order valence-corrected chi connectivity index (χ3v) is 2.46. The van der Waals surface area contributed by atoms with Crippen LogP contribution in [0.4, 0.5) is 0 Å². The Balaban J connectivity index is 2.51. The maximum Gasteiger partial charge on any atom is 0.156 e. The number of ether oxygens (including phenoxy) is 1. The van der Waals surface area contributed by atoms with Crippen LogP contribution in [-0.4, -0.2) is 25.3 Å². The van der Waals surface area contributed by atoms with Gasteiger partial charge in [0, 0.05) is 19.2 Å². The summed E-state index contributed by atoms with van der Waals surface area (Å²) in [5, 5.41) is 12.1. The third kappa shape index (κ3) is 2.98. The molecule has 0 amide bonds. The molecule has 1 rings (SSSR count). The van der Waals surface area contributed by atoms with E-state index in [9.17, 15) is 0 Å². The van der Waals surface area contributed by atoms with Crippen molar-refractivity contribution in [3.8, 4) is 6.07 Å². The van der Waals surface area contributed by atoms with E-state index in [2.05, 4.69) is 32.2 Å². The molecule has 0 aromatic rings. The minimum atomic E-state index is -0.271. The van der Waals surface area contributed by atoms with Crippen molar-refractivity contribution in [1.82, 2.24) is 5.32 Å². The maximum atomic E-state index is 8.69. The molecule has 0 aromatic heterocycles. The predicted molar refractivity (Wildman–Crippen MR) is 51.2 cm³/mol. The normalized spacial score (nSPS) is 30.6. The quantitative estimate of drug-likeness (QED) is 0.614. The number of nitrogens with zero attached hydrogens (tertiary/aromatic N) is 1. The standard InChI is InChI=1S/C10H18N2O/c1-10(2,3)9-4-5-13-8(6-11)7-12-9/h8-9,12H,4-5,7H2,1-3H3. The summed E-state index contributed by atoms with van der Waals surface area (Å²) >= 11 is 0. The van der Waals surface area contributed by atoms with E-state index < -0.39 is 0 Å². The second-order valence-electron chi connectivity index (χ2n) is 4.60. The number of hydrogen-bond acceptors (Lipinski definition) is 3. The van der Waals surface area contributed by atoms with E-state index in [-0.39, 0.29) is 11.5 Å². The first-order valence-electron chi connectivity index (χ1n) is 4.78. The highest BCUT2D eigenvalue weighted by atomic mass is 16.5. The molecule has 1 N–H and O–H groups in total. The fourth-order valence-electron chi connectivity index (χ4n) is 1.56. The molecule has 0 saturated carbocycles. The summed E-state index contributed by atoms with van der Waals surface area (Å²) < 4.78 is 5.35. The van der Waals surface area contributed by atoms with Gasteiger partial charge >= 0.3 is 0 Å². The van der Waals surface area contributed by atoms with Crippen LogP contribution in [0.25, 0.3) is 0 Å². The molecule has 0 spiro atoms. The molecule has 0 aliphatic carbocycles. The van der Waals surface area contributed by atoms with E-state index in [0.29, 0.717) is 19.2 Å². The number of nitrogens with one attached hydrogen (secondary N) is 1. The van der Waals surface area contributed by atoms with Gasteiger partial charge in [0.15, 0.2) is 6.10 Å². The lowest BCUT2D eigenvalue weighted by Gasteiger charge is -2.29. The van der Waals surface area contributed by atoms with Gasteiger partial charge in [-0.2, -0.15) is 5.26 Å². The van der Waals surface area contributed by atoms with Gasteiger partial charge in [0.2, 0.25) is 0 Å². The Labute approximate surface area is 80.1 Å².